The smallest absolute Gasteiger partial charge is 0.183 e. The van der Waals surface area contributed by atoms with E-state index in [1.54, 1.807) is 18.2 Å². The molecule has 1 rings (SSSR count). The molecule has 2 nitrogen and oxygen atoms in total. The van der Waals surface area contributed by atoms with Crippen molar-refractivity contribution in [3.8, 4) is 0 Å². The molecular weight excluding hydrogens is 243 g/mol. The number of rotatable bonds is 2. The quantitative estimate of drug-likeness (QED) is 0.819. The summed E-state index contributed by atoms with van der Waals surface area (Å²) < 4.78 is 5.48. The third-order valence-corrected chi connectivity index (χ3v) is 2.49. The van der Waals surface area contributed by atoms with Crippen molar-refractivity contribution in [3.05, 3.63) is 33.3 Å². The van der Waals surface area contributed by atoms with Crippen LogP contribution in [0.15, 0.2) is 22.7 Å². The molecule has 0 saturated carbocycles. The number of methoxy groups -OCH3 is 1. The van der Waals surface area contributed by atoms with E-state index in [1.807, 2.05) is 0 Å². The van der Waals surface area contributed by atoms with Crippen LogP contribution in [0.2, 0.25) is 5.02 Å². The maximum absolute atomic E-state index is 9.35. The van der Waals surface area contributed by atoms with Crippen LogP contribution in [-0.2, 0) is 4.74 Å². The minimum atomic E-state index is -0.979. The van der Waals surface area contributed by atoms with E-state index < -0.39 is 6.29 Å². The number of hydrogen-bond donors (Lipinski definition) is 1. The van der Waals surface area contributed by atoms with Gasteiger partial charge in [0.15, 0.2) is 6.29 Å². The average Bonchev–Trinajstić information content (AvgIpc) is 2.03. The minimum absolute atomic E-state index is 0.485. The van der Waals surface area contributed by atoms with Gasteiger partial charge in [-0.05, 0) is 12.1 Å². The van der Waals surface area contributed by atoms with Gasteiger partial charge in [-0.2, -0.15) is 0 Å². The summed E-state index contributed by atoms with van der Waals surface area (Å²) in [7, 11) is 1.42. The van der Waals surface area contributed by atoms with Crippen LogP contribution in [0, 0.1) is 0 Å². The molecule has 0 fully saturated rings. The monoisotopic (exact) mass is 250 g/mol. The number of hydrogen-bond acceptors (Lipinski definition) is 2. The first-order valence-corrected chi connectivity index (χ1v) is 4.48. The second-order valence-corrected chi connectivity index (χ2v) is 3.48. The van der Waals surface area contributed by atoms with Crippen molar-refractivity contribution < 1.29 is 9.84 Å². The van der Waals surface area contributed by atoms with Gasteiger partial charge >= 0.3 is 0 Å². The summed E-state index contributed by atoms with van der Waals surface area (Å²) >= 11 is 9.10. The highest BCUT2D eigenvalue weighted by Crippen LogP contribution is 2.30. The van der Waals surface area contributed by atoms with E-state index in [4.69, 9.17) is 16.3 Å². The normalized spacial score (nSPS) is 13.0. The number of ether oxygens (including phenoxy) is 1. The van der Waals surface area contributed by atoms with Gasteiger partial charge in [0.2, 0.25) is 0 Å². The van der Waals surface area contributed by atoms with Gasteiger partial charge < -0.3 is 9.84 Å². The molecule has 0 radical (unpaired) electrons. The lowest BCUT2D eigenvalue weighted by Crippen LogP contribution is -2.01. The molecule has 0 bridgehead atoms. The molecule has 0 aliphatic rings. The Morgan fingerprint density at radius 1 is 1.58 bits per heavy atom. The molecular formula is C8H8BrClO2. The molecule has 1 atom stereocenters. The van der Waals surface area contributed by atoms with Crippen molar-refractivity contribution in [2.24, 2.45) is 0 Å². The fourth-order valence-electron chi connectivity index (χ4n) is 0.864. The van der Waals surface area contributed by atoms with Gasteiger partial charge in [-0.15, -0.1) is 0 Å². The largest absolute Gasteiger partial charge is 0.364 e. The number of aliphatic hydroxyl groups excluding tert-OH is 1. The summed E-state index contributed by atoms with van der Waals surface area (Å²) in [6, 6.07) is 5.28. The molecule has 0 saturated heterocycles. The first-order valence-electron chi connectivity index (χ1n) is 3.31. The van der Waals surface area contributed by atoms with Gasteiger partial charge in [-0.1, -0.05) is 33.6 Å². The van der Waals surface area contributed by atoms with Crippen LogP contribution in [-0.4, -0.2) is 12.2 Å². The second kappa shape index (κ2) is 4.23. The van der Waals surface area contributed by atoms with Gasteiger partial charge in [0, 0.05) is 22.2 Å². The second-order valence-electron chi connectivity index (χ2n) is 2.22. The minimum Gasteiger partial charge on any atom is -0.364 e. The van der Waals surface area contributed by atoms with E-state index in [0.29, 0.717) is 10.6 Å². The van der Waals surface area contributed by atoms with E-state index >= 15 is 0 Å². The molecule has 12 heavy (non-hydrogen) atoms. The average molecular weight is 252 g/mol. The SMILES string of the molecule is COC(O)c1c(Cl)cccc1Br. The summed E-state index contributed by atoms with van der Waals surface area (Å²) in [5.41, 5.74) is 0.557. The van der Waals surface area contributed by atoms with E-state index in [1.165, 1.54) is 7.11 Å². The molecule has 0 aliphatic carbocycles. The highest BCUT2D eigenvalue weighted by molar-refractivity contribution is 9.10. The molecule has 0 amide bonds. The highest BCUT2D eigenvalue weighted by atomic mass is 79.9. The molecule has 1 aromatic carbocycles. The zero-order valence-electron chi connectivity index (χ0n) is 6.42. The summed E-state index contributed by atoms with van der Waals surface area (Å²) in [5.74, 6) is 0. The number of benzene rings is 1. The lowest BCUT2D eigenvalue weighted by Gasteiger charge is -2.11. The Kier molecular flexibility index (Phi) is 3.53. The maximum atomic E-state index is 9.35. The Morgan fingerprint density at radius 3 is 2.75 bits per heavy atom. The van der Waals surface area contributed by atoms with Crippen molar-refractivity contribution in [2.75, 3.05) is 7.11 Å². The molecule has 1 N–H and O–H groups in total. The van der Waals surface area contributed by atoms with Gasteiger partial charge in [0.25, 0.3) is 0 Å². The summed E-state index contributed by atoms with van der Waals surface area (Å²) in [6.45, 7) is 0. The van der Waals surface area contributed by atoms with E-state index in [-0.39, 0.29) is 0 Å². The molecule has 1 unspecified atom stereocenters. The molecule has 1 aromatic rings. The molecule has 0 heterocycles. The van der Waals surface area contributed by atoms with Crippen molar-refractivity contribution in [3.63, 3.8) is 0 Å². The van der Waals surface area contributed by atoms with E-state index in [2.05, 4.69) is 15.9 Å². The van der Waals surface area contributed by atoms with Gasteiger partial charge in [-0.3, -0.25) is 0 Å². The molecule has 0 spiro atoms. The lowest BCUT2D eigenvalue weighted by atomic mass is 10.2. The molecule has 0 aromatic heterocycles. The van der Waals surface area contributed by atoms with Crippen LogP contribution in [0.5, 0.6) is 0 Å². The summed E-state index contributed by atoms with van der Waals surface area (Å²) in [6.07, 6.45) is -0.979. The topological polar surface area (TPSA) is 29.5 Å². The van der Waals surface area contributed by atoms with Crippen molar-refractivity contribution in [1.82, 2.24) is 0 Å². The van der Waals surface area contributed by atoms with Crippen molar-refractivity contribution in [2.45, 2.75) is 6.29 Å². The zero-order valence-corrected chi connectivity index (χ0v) is 8.76. The van der Waals surface area contributed by atoms with Crippen molar-refractivity contribution >= 4 is 27.5 Å². The van der Waals surface area contributed by atoms with Crippen LogP contribution in [0.3, 0.4) is 0 Å². The van der Waals surface area contributed by atoms with Gasteiger partial charge in [0.05, 0.1) is 0 Å². The standard InChI is InChI=1S/C8H8BrClO2/c1-12-8(11)7-5(9)3-2-4-6(7)10/h2-4,8,11H,1H3. The first kappa shape index (κ1) is 9.99. The highest BCUT2D eigenvalue weighted by Gasteiger charge is 2.13. The Morgan fingerprint density at radius 2 is 2.25 bits per heavy atom. The Balaban J connectivity index is 3.12. The molecule has 4 heteroatoms. The fourth-order valence-corrected chi connectivity index (χ4v) is 1.81. The van der Waals surface area contributed by atoms with Crippen molar-refractivity contribution in [1.29, 1.82) is 0 Å². The van der Waals surface area contributed by atoms with Crippen LogP contribution >= 0.6 is 27.5 Å². The predicted molar refractivity (Wildman–Crippen MR) is 51.1 cm³/mol. The van der Waals surface area contributed by atoms with E-state index in [0.717, 1.165) is 4.47 Å². The maximum Gasteiger partial charge on any atom is 0.183 e. The Labute approximate surface area is 84.2 Å². The van der Waals surface area contributed by atoms with E-state index in [9.17, 15) is 5.11 Å². The molecule has 0 aliphatic heterocycles. The Bertz CT molecular complexity index is 258. The molecule has 66 valence electrons. The third kappa shape index (κ3) is 1.98. The van der Waals surface area contributed by atoms with Gasteiger partial charge in [-0.25, -0.2) is 0 Å². The zero-order chi connectivity index (χ0) is 9.14. The third-order valence-electron chi connectivity index (χ3n) is 1.47. The first-order chi connectivity index (χ1) is 5.66. The predicted octanol–water partition coefficient (Wildman–Crippen LogP) is 2.74. The van der Waals surface area contributed by atoms with Crippen LogP contribution in [0.1, 0.15) is 11.9 Å². The van der Waals surface area contributed by atoms with Crippen LogP contribution < -0.4 is 0 Å². The van der Waals surface area contributed by atoms with Crippen LogP contribution in [0.25, 0.3) is 0 Å². The van der Waals surface area contributed by atoms with Crippen LogP contribution in [0.4, 0.5) is 0 Å². The summed E-state index contributed by atoms with van der Waals surface area (Å²) in [4.78, 5) is 0. The van der Waals surface area contributed by atoms with Gasteiger partial charge in [0.1, 0.15) is 0 Å². The summed E-state index contributed by atoms with van der Waals surface area (Å²) in [5, 5.41) is 9.84. The number of halogens is 2. The lowest BCUT2D eigenvalue weighted by molar-refractivity contribution is -0.0773. The fraction of sp³-hybridized carbons (Fsp3) is 0.250. The number of aliphatic hydroxyl groups is 1. The Hall–Kier alpha value is -0.0900.